The molecule has 0 aliphatic rings. The summed E-state index contributed by atoms with van der Waals surface area (Å²) < 4.78 is 190. The molecule has 0 spiro atoms. The molecule has 4 N–H and O–H groups in total. The lowest BCUT2D eigenvalue weighted by Crippen LogP contribution is -2.38. The molecule has 0 saturated heterocycles. The number of nitrogens with one attached hydrogen (secondary N) is 1. The van der Waals surface area contributed by atoms with Crippen molar-refractivity contribution in [3.63, 3.8) is 0 Å². The van der Waals surface area contributed by atoms with Gasteiger partial charge in [-0.25, -0.2) is 9.13 Å². The first kappa shape index (κ1) is 72.3. The highest BCUT2D eigenvalue weighted by molar-refractivity contribution is 7.48. The first-order valence-electron chi connectivity index (χ1n) is 22.5. The molecule has 1 amide bonds. The molecule has 0 fully saturated rings. The first-order chi connectivity index (χ1) is 33.8. The van der Waals surface area contributed by atoms with Gasteiger partial charge in [-0.1, -0.05) is 26.2 Å². The Kier molecular flexibility index (Phi) is 42.5. The fourth-order valence-electron chi connectivity index (χ4n) is 5.94. The number of esters is 1. The Balaban J connectivity index is -0.00000751. The summed E-state index contributed by atoms with van der Waals surface area (Å²) in [5.41, 5.74) is -1.57. The van der Waals surface area contributed by atoms with E-state index in [1.807, 2.05) is 0 Å². The fourth-order valence-corrected chi connectivity index (χ4v) is 8.53. The van der Waals surface area contributed by atoms with E-state index in [1.54, 1.807) is 24.4 Å². The zero-order valence-corrected chi connectivity index (χ0v) is 41.7. The van der Waals surface area contributed by atoms with Crippen LogP contribution in [0.5, 0.6) is 0 Å². The summed E-state index contributed by atoms with van der Waals surface area (Å²) in [5, 5.41) is 56.2. The predicted molar refractivity (Wildman–Crippen MR) is 232 cm³/mol. The Bertz CT molecular complexity index is 1680. The van der Waals surface area contributed by atoms with Crippen molar-refractivity contribution in [1.82, 2.24) is 5.32 Å². The van der Waals surface area contributed by atoms with Gasteiger partial charge in [-0.05, 0) is 76.0 Å². The van der Waals surface area contributed by atoms with Gasteiger partial charge in [0, 0.05) is 32.4 Å². The minimum absolute atomic E-state index is 0.0584. The van der Waals surface area contributed by atoms with Crippen molar-refractivity contribution in [2.24, 2.45) is 5.41 Å². The molecule has 0 rings (SSSR count). The maximum atomic E-state index is 14.0. The molecule has 0 bridgehead atoms. The number of nitrogens with zero attached hydrogens (tertiary/aromatic N) is 4. The monoisotopic (exact) mass is 1100 g/mol. The van der Waals surface area contributed by atoms with Crippen LogP contribution >= 0.6 is 15.6 Å². The van der Waals surface area contributed by atoms with Crippen molar-refractivity contribution >= 4 is 27.5 Å². The van der Waals surface area contributed by atoms with Crippen LogP contribution in [-0.4, -0.2) is 118 Å². The number of aliphatic hydroxyl groups is 3. The average Bonchev–Trinajstić information content (AvgIpc) is 3.28. The number of amides is 1. The molecular weight excluding hydrogens is 1040 g/mol. The van der Waals surface area contributed by atoms with Gasteiger partial charge in [0.25, 0.3) is 12.5 Å². The average molecular weight is 1100 g/mol. The third-order valence-electron chi connectivity index (χ3n) is 9.24. The summed E-state index contributed by atoms with van der Waals surface area (Å²) in [6, 6.07) is 3.56. The number of rotatable bonds is 41. The Labute approximate surface area is 413 Å². The Morgan fingerprint density at radius 3 is 1.50 bits per heavy atom. The molecule has 0 radical (unpaired) electrons. The minimum Gasteiger partial charge on any atom is -0.466 e. The Morgan fingerprint density at radius 1 is 0.597 bits per heavy atom. The number of halogens is 9. The SMILES string of the molecule is CCC(=O)OCCCCCCOP(=O)(OCCC#N)OC(COCC(CCCNC(=O)C(F)(F)F)(CCCC(F)(F)F)CCCC(F)(F)F)COP(=O)(OCCC#N)OCCCCCCO.N#CO.N#CO. The highest BCUT2D eigenvalue weighted by atomic mass is 31.2. The molecule has 3 unspecified atom stereocenters. The van der Waals surface area contributed by atoms with Crippen LogP contribution in [0.15, 0.2) is 0 Å². The quantitative estimate of drug-likeness (QED) is 0.0145. The lowest BCUT2D eigenvalue weighted by Gasteiger charge is -2.35. The Morgan fingerprint density at radius 2 is 1.04 bits per heavy atom. The number of alkyl halides is 9. The minimum atomic E-state index is -5.26. The zero-order chi connectivity index (χ0) is 55.4. The molecule has 0 saturated carbocycles. The third kappa shape index (κ3) is 44.7. The van der Waals surface area contributed by atoms with E-state index in [2.05, 4.69) is 0 Å². The molecule has 418 valence electrons. The number of phosphoric acid groups is 2. The lowest BCUT2D eigenvalue weighted by atomic mass is 9.75. The summed E-state index contributed by atoms with van der Waals surface area (Å²) in [4.78, 5) is 22.8. The van der Waals surface area contributed by atoms with Crippen LogP contribution in [0.2, 0.25) is 0 Å². The molecule has 31 heteroatoms. The second kappa shape index (κ2) is 42.4. The molecule has 0 heterocycles. The fraction of sp³-hybridized carbons (Fsp3) is 0.854. The van der Waals surface area contributed by atoms with Gasteiger partial charge in [0.2, 0.25) is 0 Å². The second-order valence-electron chi connectivity index (χ2n) is 15.2. The van der Waals surface area contributed by atoms with Crippen LogP contribution in [0.4, 0.5) is 39.5 Å². The molecule has 0 aromatic rings. The normalized spacial score (nSPS) is 13.7. The molecule has 3 atom stereocenters. The van der Waals surface area contributed by atoms with Crippen molar-refractivity contribution in [1.29, 1.82) is 21.0 Å². The van der Waals surface area contributed by atoms with E-state index in [0.29, 0.717) is 44.9 Å². The zero-order valence-electron chi connectivity index (χ0n) is 39.9. The van der Waals surface area contributed by atoms with Crippen molar-refractivity contribution in [3.05, 3.63) is 0 Å². The topological polar surface area (TPSA) is 310 Å². The highest BCUT2D eigenvalue weighted by Crippen LogP contribution is 2.53. The van der Waals surface area contributed by atoms with E-state index < -0.39 is 130 Å². The number of unbranched alkanes of at least 4 members (excludes halogenated alkanes) is 6. The molecule has 20 nitrogen and oxygen atoms in total. The van der Waals surface area contributed by atoms with Gasteiger partial charge in [-0.2, -0.15) is 60.6 Å². The summed E-state index contributed by atoms with van der Waals surface area (Å²) in [6.45, 7) is -2.57. The largest absolute Gasteiger partial charge is 0.475 e. The number of hydrogen-bond acceptors (Lipinski definition) is 19. The number of phosphoric ester groups is 2. The van der Waals surface area contributed by atoms with Gasteiger partial charge in [-0.15, -0.1) is 0 Å². The smallest absolute Gasteiger partial charge is 0.466 e. The van der Waals surface area contributed by atoms with E-state index in [4.69, 9.17) is 73.0 Å². The molecule has 72 heavy (non-hydrogen) atoms. The number of carbonyl (C=O) groups is 2. The maximum Gasteiger partial charge on any atom is 0.475 e. The van der Waals surface area contributed by atoms with Crippen molar-refractivity contribution in [3.8, 4) is 24.6 Å². The van der Waals surface area contributed by atoms with Crippen molar-refractivity contribution < 1.29 is 110 Å². The van der Waals surface area contributed by atoms with E-state index in [-0.39, 0.29) is 70.9 Å². The van der Waals surface area contributed by atoms with Gasteiger partial charge in [-0.3, -0.25) is 36.7 Å². The van der Waals surface area contributed by atoms with Gasteiger partial charge in [0.05, 0.1) is 77.8 Å². The second-order valence-corrected chi connectivity index (χ2v) is 18.5. The van der Waals surface area contributed by atoms with Crippen LogP contribution in [0.3, 0.4) is 0 Å². The van der Waals surface area contributed by atoms with Crippen LogP contribution in [0.1, 0.15) is 129 Å². The number of nitriles is 4. The predicted octanol–water partition coefficient (Wildman–Crippen LogP) is 10.2. The summed E-state index contributed by atoms with van der Waals surface area (Å²) in [5.74, 6) is -2.68. The number of aliphatic hydroxyl groups excluding tert-OH is 3. The summed E-state index contributed by atoms with van der Waals surface area (Å²) in [6.07, 6.45) is -16.9. The van der Waals surface area contributed by atoms with Gasteiger partial charge < -0.3 is 30.1 Å². The summed E-state index contributed by atoms with van der Waals surface area (Å²) in [7, 11) is -9.30. The van der Waals surface area contributed by atoms with E-state index in [0.717, 1.165) is 12.5 Å². The van der Waals surface area contributed by atoms with Gasteiger partial charge in [0.15, 0.2) is 0 Å². The molecular formula is C41H66F9N5O15P2. The van der Waals surface area contributed by atoms with Crippen molar-refractivity contribution in [2.45, 2.75) is 154 Å². The standard InChI is InChI=1S/C39H64F9N3O13P2.2CHNO/c1-2-34(53)58-25-8-5-6-10-27-61-66(56,62-29-15-22-50)64-33(31-63-65(55,60-28-14-21-49)59-26-9-4-3-7-24-52)30-57-32-36(16-11-19-37(40,41)42,17-12-20-38(43,44)45)18-13-23-51-35(54)39(46,47)48;2*2-1-3/h33,52H,2-20,23-32H2,1H3,(H,51,54);2*3H. The molecule has 0 aliphatic heterocycles. The van der Waals surface area contributed by atoms with E-state index >= 15 is 0 Å². The van der Waals surface area contributed by atoms with Crippen LogP contribution in [0, 0.1) is 51.1 Å². The van der Waals surface area contributed by atoms with Crippen LogP contribution < -0.4 is 5.32 Å². The molecule has 0 aliphatic carbocycles. The van der Waals surface area contributed by atoms with Gasteiger partial charge in [0.1, 0.15) is 6.10 Å². The number of hydrogen-bond donors (Lipinski definition) is 4. The van der Waals surface area contributed by atoms with Crippen LogP contribution in [-0.2, 0) is 55.3 Å². The maximum absolute atomic E-state index is 14.0. The lowest BCUT2D eigenvalue weighted by molar-refractivity contribution is -0.173. The van der Waals surface area contributed by atoms with E-state index in [9.17, 15) is 58.2 Å². The van der Waals surface area contributed by atoms with Crippen molar-refractivity contribution in [2.75, 3.05) is 66.0 Å². The van der Waals surface area contributed by atoms with Crippen LogP contribution in [0.25, 0.3) is 0 Å². The Hall–Kier alpha value is -3.99. The molecule has 0 aromatic carbocycles. The molecule has 0 aromatic heterocycles. The van der Waals surface area contributed by atoms with E-state index in [1.165, 1.54) is 0 Å². The summed E-state index contributed by atoms with van der Waals surface area (Å²) >= 11 is 0. The number of carbonyl (C=O) groups excluding carboxylic acids is 2. The highest BCUT2D eigenvalue weighted by Gasteiger charge is 2.40. The van der Waals surface area contributed by atoms with Gasteiger partial charge >= 0.3 is 46.1 Å². The number of ether oxygens (including phenoxy) is 2. The third-order valence-corrected chi connectivity index (χ3v) is 12.3. The first-order valence-corrected chi connectivity index (χ1v) is 25.5.